The topological polar surface area (TPSA) is 27.1 Å². The van der Waals surface area contributed by atoms with Crippen molar-refractivity contribution in [3.05, 3.63) is 53.1 Å². The molecule has 1 aromatic carbocycles. The maximum absolute atomic E-state index is 13.3. The number of rotatable bonds is 2. The second kappa shape index (κ2) is 6.55. The molecule has 148 valence electrons. The molecular formula is C24H29FN2O. The molecular weight excluding hydrogens is 351 g/mol. The van der Waals surface area contributed by atoms with Crippen molar-refractivity contribution in [1.82, 2.24) is 9.78 Å². The molecule has 0 radical (unpaired) electrons. The van der Waals surface area contributed by atoms with Crippen LogP contribution in [0, 0.1) is 11.2 Å². The Morgan fingerprint density at radius 2 is 2.00 bits per heavy atom. The fourth-order valence-corrected chi connectivity index (χ4v) is 5.86. The van der Waals surface area contributed by atoms with Gasteiger partial charge < -0.3 is 4.74 Å². The molecule has 1 saturated heterocycles. The van der Waals surface area contributed by atoms with Crippen LogP contribution in [0.1, 0.15) is 70.1 Å². The Morgan fingerprint density at radius 1 is 1.21 bits per heavy atom. The van der Waals surface area contributed by atoms with Gasteiger partial charge >= 0.3 is 0 Å². The number of hydrogen-bond donors (Lipinski definition) is 0. The van der Waals surface area contributed by atoms with E-state index in [1.165, 1.54) is 55.4 Å². The molecule has 4 heteroatoms. The summed E-state index contributed by atoms with van der Waals surface area (Å²) in [4.78, 5) is 0. The van der Waals surface area contributed by atoms with Crippen molar-refractivity contribution in [2.75, 3.05) is 0 Å². The molecule has 2 aromatic rings. The molecule has 3 nitrogen and oxygen atoms in total. The molecule has 1 spiro atoms. The number of hydrogen-bond acceptors (Lipinski definition) is 2. The Labute approximate surface area is 166 Å². The molecule has 3 aliphatic rings. The summed E-state index contributed by atoms with van der Waals surface area (Å²) in [5.41, 5.74) is 4.85. The molecule has 1 saturated carbocycles. The summed E-state index contributed by atoms with van der Waals surface area (Å²) in [6, 6.07) is 6.60. The lowest BCUT2D eigenvalue weighted by atomic mass is 9.55. The number of halogens is 1. The highest BCUT2D eigenvalue weighted by Crippen LogP contribution is 2.58. The third-order valence-electron chi connectivity index (χ3n) is 7.51. The second-order valence-corrected chi connectivity index (χ2v) is 9.01. The summed E-state index contributed by atoms with van der Waals surface area (Å²) in [6.07, 6.45) is 13.9. The van der Waals surface area contributed by atoms with Gasteiger partial charge in [0.2, 0.25) is 0 Å². The fourth-order valence-electron chi connectivity index (χ4n) is 5.86. The van der Waals surface area contributed by atoms with Crippen LogP contribution in [0.5, 0.6) is 0 Å². The Bertz CT molecular complexity index is 911. The lowest BCUT2D eigenvalue weighted by Crippen LogP contribution is -2.57. The standard InChI is InChI=1S/C24H29FN2O/c1-3-21-7-5-13-24(28-21)12-4-6-18-14-22-17(15-23(18,24)2)16-26-27(22)20-10-8-19(25)9-11-20/h8-11,14,16,21H,3-7,12-13,15H2,1-2H3/t21-,23-,24+/m0/s1. The van der Waals surface area contributed by atoms with Crippen LogP contribution in [-0.4, -0.2) is 21.5 Å². The number of nitrogens with zero attached hydrogens (tertiary/aromatic N) is 2. The lowest BCUT2D eigenvalue weighted by molar-refractivity contribution is -0.193. The Morgan fingerprint density at radius 3 is 2.79 bits per heavy atom. The molecule has 0 N–H and O–H groups in total. The second-order valence-electron chi connectivity index (χ2n) is 9.01. The van der Waals surface area contributed by atoms with Gasteiger partial charge in [0.25, 0.3) is 0 Å². The minimum absolute atomic E-state index is 0.0360. The Kier molecular flexibility index (Phi) is 4.24. The van der Waals surface area contributed by atoms with Crippen LogP contribution in [0.2, 0.25) is 0 Å². The fraction of sp³-hybridized carbons (Fsp3) is 0.542. The molecule has 3 atom stereocenters. The first-order chi connectivity index (χ1) is 13.5. The van der Waals surface area contributed by atoms with Gasteiger partial charge in [-0.3, -0.25) is 0 Å². The van der Waals surface area contributed by atoms with Crippen LogP contribution in [0.25, 0.3) is 11.8 Å². The van der Waals surface area contributed by atoms with Gasteiger partial charge in [0.1, 0.15) is 5.82 Å². The number of ether oxygens (including phenoxy) is 1. The molecule has 2 fully saturated rings. The molecule has 1 aromatic heterocycles. The lowest BCUT2D eigenvalue weighted by Gasteiger charge is -2.57. The van der Waals surface area contributed by atoms with Crippen molar-refractivity contribution in [1.29, 1.82) is 0 Å². The van der Waals surface area contributed by atoms with Crippen molar-refractivity contribution in [2.24, 2.45) is 5.41 Å². The van der Waals surface area contributed by atoms with Crippen LogP contribution < -0.4 is 0 Å². The monoisotopic (exact) mass is 380 g/mol. The minimum atomic E-state index is -0.218. The van der Waals surface area contributed by atoms with E-state index in [2.05, 4.69) is 25.0 Å². The van der Waals surface area contributed by atoms with Crippen molar-refractivity contribution < 1.29 is 9.13 Å². The normalized spacial score (nSPS) is 32.0. The van der Waals surface area contributed by atoms with E-state index in [4.69, 9.17) is 4.74 Å². The van der Waals surface area contributed by atoms with Gasteiger partial charge in [0, 0.05) is 5.41 Å². The van der Waals surface area contributed by atoms with E-state index in [0.717, 1.165) is 30.6 Å². The molecule has 5 rings (SSSR count). The van der Waals surface area contributed by atoms with Crippen LogP contribution in [0.4, 0.5) is 4.39 Å². The maximum Gasteiger partial charge on any atom is 0.123 e. The quantitative estimate of drug-likeness (QED) is 0.652. The summed E-state index contributed by atoms with van der Waals surface area (Å²) < 4.78 is 22.2. The molecule has 2 heterocycles. The zero-order valence-electron chi connectivity index (χ0n) is 16.9. The zero-order chi connectivity index (χ0) is 19.4. The van der Waals surface area contributed by atoms with Crippen LogP contribution in [0.3, 0.4) is 0 Å². The van der Waals surface area contributed by atoms with Gasteiger partial charge in [0.15, 0.2) is 0 Å². The predicted molar refractivity (Wildman–Crippen MR) is 109 cm³/mol. The largest absolute Gasteiger partial charge is 0.371 e. The Balaban J connectivity index is 1.56. The third kappa shape index (κ3) is 2.61. The van der Waals surface area contributed by atoms with E-state index in [-0.39, 0.29) is 16.8 Å². The average molecular weight is 381 g/mol. The first kappa shape index (κ1) is 18.1. The van der Waals surface area contributed by atoms with Crippen molar-refractivity contribution in [2.45, 2.75) is 76.9 Å². The van der Waals surface area contributed by atoms with Crippen molar-refractivity contribution >= 4 is 6.08 Å². The average Bonchev–Trinajstić information content (AvgIpc) is 3.10. The van der Waals surface area contributed by atoms with Crippen LogP contribution in [-0.2, 0) is 11.2 Å². The van der Waals surface area contributed by atoms with E-state index in [9.17, 15) is 4.39 Å². The molecule has 2 aliphatic carbocycles. The van der Waals surface area contributed by atoms with Crippen LogP contribution >= 0.6 is 0 Å². The summed E-state index contributed by atoms with van der Waals surface area (Å²) in [5, 5.41) is 4.66. The smallest absolute Gasteiger partial charge is 0.123 e. The predicted octanol–water partition coefficient (Wildman–Crippen LogP) is 5.86. The van der Waals surface area contributed by atoms with E-state index in [1.54, 1.807) is 12.1 Å². The molecule has 0 amide bonds. The molecule has 0 bridgehead atoms. The van der Waals surface area contributed by atoms with Crippen molar-refractivity contribution in [3.8, 4) is 5.69 Å². The summed E-state index contributed by atoms with van der Waals surface area (Å²) in [5.74, 6) is -0.218. The van der Waals surface area contributed by atoms with E-state index in [0.29, 0.717) is 6.10 Å². The number of aromatic nitrogens is 2. The SMILES string of the molecule is CC[C@H]1CCC[C@@]2(CCCC3=Cc4c(cnn4-c4ccc(F)cc4)C[C@@]32C)O1. The highest BCUT2D eigenvalue weighted by molar-refractivity contribution is 5.62. The highest BCUT2D eigenvalue weighted by atomic mass is 19.1. The highest BCUT2D eigenvalue weighted by Gasteiger charge is 2.56. The van der Waals surface area contributed by atoms with Gasteiger partial charge in [-0.2, -0.15) is 5.10 Å². The molecule has 0 unspecified atom stereocenters. The van der Waals surface area contributed by atoms with Gasteiger partial charge in [-0.1, -0.05) is 19.4 Å². The molecule has 1 aliphatic heterocycles. The van der Waals surface area contributed by atoms with Gasteiger partial charge in [-0.25, -0.2) is 9.07 Å². The number of fused-ring (bicyclic) bond motifs is 3. The van der Waals surface area contributed by atoms with Gasteiger partial charge in [-0.15, -0.1) is 0 Å². The van der Waals surface area contributed by atoms with E-state index >= 15 is 0 Å². The van der Waals surface area contributed by atoms with Crippen molar-refractivity contribution in [3.63, 3.8) is 0 Å². The van der Waals surface area contributed by atoms with Gasteiger partial charge in [-0.05, 0) is 87.3 Å². The minimum Gasteiger partial charge on any atom is -0.371 e. The Hall–Kier alpha value is -1.94. The summed E-state index contributed by atoms with van der Waals surface area (Å²) in [7, 11) is 0. The third-order valence-corrected chi connectivity index (χ3v) is 7.51. The van der Waals surface area contributed by atoms with E-state index < -0.39 is 0 Å². The zero-order valence-corrected chi connectivity index (χ0v) is 16.9. The summed E-state index contributed by atoms with van der Waals surface area (Å²) >= 11 is 0. The summed E-state index contributed by atoms with van der Waals surface area (Å²) in [6.45, 7) is 4.67. The van der Waals surface area contributed by atoms with Crippen LogP contribution in [0.15, 0.2) is 36.0 Å². The maximum atomic E-state index is 13.3. The number of benzene rings is 1. The first-order valence-electron chi connectivity index (χ1n) is 10.8. The first-order valence-corrected chi connectivity index (χ1v) is 10.8. The molecule has 28 heavy (non-hydrogen) atoms. The van der Waals surface area contributed by atoms with Gasteiger partial charge in [0.05, 0.1) is 29.3 Å². The van der Waals surface area contributed by atoms with E-state index in [1.807, 2.05) is 10.9 Å².